The number of halogens is 2. The van der Waals surface area contributed by atoms with Gasteiger partial charge < -0.3 is 24.8 Å². The maximum atomic E-state index is 14.9. The molecule has 4 aromatic rings. The third-order valence-corrected chi connectivity index (χ3v) is 7.39. The topological polar surface area (TPSA) is 71.4 Å². The number of benzene rings is 2. The second-order valence-corrected chi connectivity index (χ2v) is 10.0. The van der Waals surface area contributed by atoms with Crippen molar-refractivity contribution < 1.29 is 13.9 Å². The van der Waals surface area contributed by atoms with E-state index in [0.29, 0.717) is 21.5 Å². The first-order chi connectivity index (χ1) is 18.8. The molecular weight excluding hydrogens is 537 g/mol. The molecule has 2 atom stereocenters. The highest BCUT2D eigenvalue weighted by Crippen LogP contribution is 2.44. The molecule has 2 aromatic carbocycles. The highest BCUT2D eigenvalue weighted by Gasteiger charge is 2.42. The number of amides is 1. The van der Waals surface area contributed by atoms with Gasteiger partial charge in [0.2, 0.25) is 5.91 Å². The molecule has 1 aliphatic heterocycles. The van der Waals surface area contributed by atoms with E-state index in [2.05, 4.69) is 21.7 Å². The molecule has 0 spiro atoms. The van der Waals surface area contributed by atoms with Gasteiger partial charge in [0.1, 0.15) is 12.4 Å². The van der Waals surface area contributed by atoms with Gasteiger partial charge in [-0.3, -0.25) is 9.78 Å². The van der Waals surface area contributed by atoms with Gasteiger partial charge in [0.25, 0.3) is 0 Å². The molecule has 0 saturated carbocycles. The minimum absolute atomic E-state index is 0.0797. The normalized spacial score (nSPS) is 16.8. The molecule has 2 aromatic heterocycles. The Morgan fingerprint density at radius 3 is 2.62 bits per heavy atom. The van der Waals surface area contributed by atoms with Crippen LogP contribution in [0, 0.1) is 19.7 Å². The molecule has 2 N–H and O–H groups in total. The van der Waals surface area contributed by atoms with E-state index in [0.717, 1.165) is 28.3 Å². The van der Waals surface area contributed by atoms with E-state index in [1.54, 1.807) is 30.5 Å². The summed E-state index contributed by atoms with van der Waals surface area (Å²) in [6, 6.07) is 19.3. The van der Waals surface area contributed by atoms with Crippen molar-refractivity contribution in [1.29, 1.82) is 0 Å². The zero-order valence-electron chi connectivity index (χ0n) is 21.6. The van der Waals surface area contributed by atoms with Crippen molar-refractivity contribution in [2.45, 2.75) is 25.9 Å². The van der Waals surface area contributed by atoms with Crippen molar-refractivity contribution in [1.82, 2.24) is 14.9 Å². The van der Waals surface area contributed by atoms with Gasteiger partial charge in [0.15, 0.2) is 5.11 Å². The van der Waals surface area contributed by atoms with Gasteiger partial charge in [-0.2, -0.15) is 0 Å². The van der Waals surface area contributed by atoms with Crippen molar-refractivity contribution >= 4 is 46.2 Å². The number of thiocarbonyl (C=S) groups is 1. The Morgan fingerprint density at radius 1 is 1.15 bits per heavy atom. The number of anilines is 2. The highest BCUT2D eigenvalue weighted by atomic mass is 35.5. The Balaban J connectivity index is 1.62. The lowest BCUT2D eigenvalue weighted by Gasteiger charge is -2.28. The standard InChI is InChI=1S/C29H27ClFN5O2S/c1-17-14-20(18(2)35(17)25-10-5-4-8-22(25)31)28-27(24-9-6-7-13-32-24)34-29(39)36(28)19-11-12-23(21(30)15-19)33-26(37)16-38-3/h4-15,27-28H,16H2,1-3H3,(H,33,37)(H,34,39)/t27-,28-/m1/s1. The predicted octanol–water partition coefficient (Wildman–Crippen LogP) is 6.04. The second kappa shape index (κ2) is 11.1. The van der Waals surface area contributed by atoms with Gasteiger partial charge in [-0.15, -0.1) is 0 Å². The van der Waals surface area contributed by atoms with E-state index >= 15 is 0 Å². The number of aromatic nitrogens is 2. The molecule has 0 aliphatic carbocycles. The Hall–Kier alpha value is -3.79. The zero-order chi connectivity index (χ0) is 27.7. The van der Waals surface area contributed by atoms with Gasteiger partial charge in [0.05, 0.1) is 34.2 Å². The highest BCUT2D eigenvalue weighted by molar-refractivity contribution is 7.80. The van der Waals surface area contributed by atoms with Crippen LogP contribution in [0.4, 0.5) is 15.8 Å². The van der Waals surface area contributed by atoms with Crippen LogP contribution in [0.25, 0.3) is 5.69 Å². The smallest absolute Gasteiger partial charge is 0.250 e. The second-order valence-electron chi connectivity index (χ2n) is 9.26. The molecule has 0 radical (unpaired) electrons. The number of carbonyl (C=O) groups excluding carboxylic acids is 1. The van der Waals surface area contributed by atoms with E-state index in [1.165, 1.54) is 13.2 Å². The van der Waals surface area contributed by atoms with Gasteiger partial charge in [0, 0.05) is 30.4 Å². The summed E-state index contributed by atoms with van der Waals surface area (Å²) in [6.07, 6.45) is 1.75. The summed E-state index contributed by atoms with van der Waals surface area (Å²) in [5.41, 5.74) is 5.24. The molecule has 200 valence electrons. The first-order valence-electron chi connectivity index (χ1n) is 12.3. The Morgan fingerprint density at radius 2 is 1.92 bits per heavy atom. The van der Waals surface area contributed by atoms with E-state index < -0.39 is 0 Å². The number of hydrogen-bond donors (Lipinski definition) is 2. The fraction of sp³-hybridized carbons (Fsp3) is 0.207. The van der Waals surface area contributed by atoms with Gasteiger partial charge in [-0.1, -0.05) is 29.8 Å². The molecular formula is C29H27ClFN5O2S. The number of nitrogens with zero attached hydrogens (tertiary/aromatic N) is 3. The van der Waals surface area contributed by atoms with Gasteiger partial charge in [-0.25, -0.2) is 4.39 Å². The van der Waals surface area contributed by atoms with Crippen molar-refractivity contribution in [2.75, 3.05) is 23.9 Å². The van der Waals surface area contributed by atoms with Crippen molar-refractivity contribution in [3.05, 3.63) is 106 Å². The summed E-state index contributed by atoms with van der Waals surface area (Å²) in [5.74, 6) is -0.610. The fourth-order valence-corrected chi connectivity index (χ4v) is 5.68. The average molecular weight is 564 g/mol. The quantitative estimate of drug-likeness (QED) is 0.267. The minimum atomic E-state index is -0.316. The molecule has 1 saturated heterocycles. The van der Waals surface area contributed by atoms with Crippen LogP contribution in [0.15, 0.2) is 72.9 Å². The average Bonchev–Trinajstić information content (AvgIpc) is 3.41. The number of methoxy groups -OCH3 is 1. The number of para-hydroxylation sites is 1. The number of nitrogens with one attached hydrogen (secondary N) is 2. The largest absolute Gasteiger partial charge is 0.375 e. The summed E-state index contributed by atoms with van der Waals surface area (Å²) < 4.78 is 21.7. The summed E-state index contributed by atoms with van der Waals surface area (Å²) in [4.78, 5) is 18.6. The van der Waals surface area contributed by atoms with Crippen LogP contribution in [0.2, 0.25) is 5.02 Å². The Kier molecular flexibility index (Phi) is 7.65. The molecule has 39 heavy (non-hydrogen) atoms. The number of ether oxygens (including phenoxy) is 1. The third kappa shape index (κ3) is 5.13. The molecule has 10 heteroatoms. The van der Waals surface area contributed by atoms with Gasteiger partial charge in [-0.05, 0) is 80.2 Å². The molecule has 1 fully saturated rings. The SMILES string of the molecule is COCC(=O)Nc1ccc(N2C(=S)N[C@H](c3ccccn3)[C@H]2c2cc(C)n(-c3ccccc3F)c2C)cc1Cl. The summed E-state index contributed by atoms with van der Waals surface area (Å²) in [7, 11) is 1.45. The lowest BCUT2D eigenvalue weighted by molar-refractivity contribution is -0.119. The monoisotopic (exact) mass is 563 g/mol. The van der Waals surface area contributed by atoms with Crippen LogP contribution in [-0.2, 0) is 9.53 Å². The van der Waals surface area contributed by atoms with E-state index in [9.17, 15) is 9.18 Å². The zero-order valence-corrected chi connectivity index (χ0v) is 23.2. The number of carbonyl (C=O) groups is 1. The molecule has 1 aliphatic rings. The van der Waals surface area contributed by atoms with Crippen molar-refractivity contribution in [2.24, 2.45) is 0 Å². The molecule has 7 nitrogen and oxygen atoms in total. The first-order valence-corrected chi connectivity index (χ1v) is 13.1. The first kappa shape index (κ1) is 26.8. The molecule has 0 unspecified atom stereocenters. The molecule has 3 heterocycles. The van der Waals surface area contributed by atoms with Crippen LogP contribution in [0.5, 0.6) is 0 Å². The van der Waals surface area contributed by atoms with Crippen LogP contribution in [0.1, 0.15) is 34.7 Å². The molecule has 1 amide bonds. The summed E-state index contributed by atoms with van der Waals surface area (Å²) in [6.45, 7) is 3.85. The Bertz CT molecular complexity index is 1540. The number of hydrogen-bond acceptors (Lipinski definition) is 4. The predicted molar refractivity (Wildman–Crippen MR) is 155 cm³/mol. The van der Waals surface area contributed by atoms with Crippen LogP contribution >= 0.6 is 23.8 Å². The maximum absolute atomic E-state index is 14.9. The molecule has 5 rings (SSSR count). The summed E-state index contributed by atoms with van der Waals surface area (Å²) in [5, 5.41) is 7.05. The Labute approximate surface area is 236 Å². The fourth-order valence-electron chi connectivity index (χ4n) is 5.11. The van der Waals surface area contributed by atoms with Crippen molar-refractivity contribution in [3.8, 4) is 5.69 Å². The number of pyridine rings is 1. The van der Waals surface area contributed by atoms with Crippen LogP contribution in [0.3, 0.4) is 0 Å². The van der Waals surface area contributed by atoms with E-state index in [4.69, 9.17) is 28.6 Å². The summed E-state index contributed by atoms with van der Waals surface area (Å²) >= 11 is 12.4. The lowest BCUT2D eigenvalue weighted by atomic mass is 9.96. The van der Waals surface area contributed by atoms with E-state index in [1.807, 2.05) is 53.6 Å². The van der Waals surface area contributed by atoms with Crippen molar-refractivity contribution in [3.63, 3.8) is 0 Å². The minimum Gasteiger partial charge on any atom is -0.375 e. The molecule has 0 bridgehead atoms. The number of rotatable bonds is 7. The van der Waals surface area contributed by atoms with E-state index in [-0.39, 0.29) is 30.4 Å². The van der Waals surface area contributed by atoms with Gasteiger partial charge >= 0.3 is 0 Å². The van der Waals surface area contributed by atoms with Crippen LogP contribution < -0.4 is 15.5 Å². The van der Waals surface area contributed by atoms with Crippen LogP contribution in [-0.4, -0.2) is 34.3 Å². The number of aryl methyl sites for hydroxylation is 1. The maximum Gasteiger partial charge on any atom is 0.250 e. The third-order valence-electron chi connectivity index (χ3n) is 6.76. The lowest BCUT2D eigenvalue weighted by Crippen LogP contribution is -2.29.